The normalized spacial score (nSPS) is 10.5. The van der Waals surface area contributed by atoms with Crippen molar-refractivity contribution in [2.24, 2.45) is 0 Å². The fourth-order valence-electron chi connectivity index (χ4n) is 2.83. The first-order chi connectivity index (χ1) is 12.3. The number of rotatable bonds is 6. The van der Waals surface area contributed by atoms with E-state index in [1.807, 2.05) is 32.0 Å². The highest BCUT2D eigenvalue weighted by atomic mass is 35.5. The molecule has 1 N–H and O–H groups in total. The van der Waals surface area contributed by atoms with Gasteiger partial charge in [-0.3, -0.25) is 9.59 Å². The van der Waals surface area contributed by atoms with Gasteiger partial charge in [0.2, 0.25) is 11.8 Å². The van der Waals surface area contributed by atoms with Gasteiger partial charge in [0.25, 0.3) is 0 Å². The number of para-hydroxylation sites is 1. The van der Waals surface area contributed by atoms with Gasteiger partial charge in [-0.05, 0) is 42.7 Å². The molecule has 0 fully saturated rings. The van der Waals surface area contributed by atoms with Gasteiger partial charge in [-0.2, -0.15) is 0 Å². The fraction of sp³-hybridized carbons (Fsp3) is 0.300. The van der Waals surface area contributed by atoms with Crippen molar-refractivity contribution in [3.8, 4) is 0 Å². The Bertz CT molecular complexity index is 823. The number of halogens is 2. The van der Waals surface area contributed by atoms with Crippen LogP contribution >= 0.6 is 11.6 Å². The number of anilines is 2. The average Bonchev–Trinajstić information content (AvgIpc) is 2.59. The van der Waals surface area contributed by atoms with E-state index in [1.54, 1.807) is 4.90 Å². The average molecular weight is 377 g/mol. The Morgan fingerprint density at radius 1 is 1.23 bits per heavy atom. The minimum Gasteiger partial charge on any atom is -0.326 e. The number of carbonyl (C=O) groups excluding carboxylic acids is 2. The summed E-state index contributed by atoms with van der Waals surface area (Å²) in [4.78, 5) is 26.0. The molecule has 0 spiro atoms. The van der Waals surface area contributed by atoms with E-state index in [-0.39, 0.29) is 29.8 Å². The zero-order valence-corrected chi connectivity index (χ0v) is 15.9. The Morgan fingerprint density at radius 3 is 2.58 bits per heavy atom. The molecule has 0 unspecified atom stereocenters. The number of nitrogens with zero attached hydrogens (tertiary/aromatic N) is 1. The van der Waals surface area contributed by atoms with Crippen LogP contribution in [-0.2, 0) is 16.0 Å². The molecule has 2 aromatic rings. The second-order valence-electron chi connectivity index (χ2n) is 6.03. The van der Waals surface area contributed by atoms with Crippen LogP contribution in [0, 0.1) is 12.7 Å². The van der Waals surface area contributed by atoms with Gasteiger partial charge >= 0.3 is 0 Å². The van der Waals surface area contributed by atoms with Gasteiger partial charge in [0.05, 0.1) is 5.02 Å². The number of aryl methyl sites for hydroxylation is 2. The quantitative estimate of drug-likeness (QED) is 0.792. The zero-order chi connectivity index (χ0) is 19.3. The lowest BCUT2D eigenvalue weighted by atomic mass is 10.0. The van der Waals surface area contributed by atoms with Gasteiger partial charge < -0.3 is 10.2 Å². The molecule has 0 saturated heterocycles. The number of hydrogen-bond acceptors (Lipinski definition) is 2. The molecule has 0 aliphatic rings. The van der Waals surface area contributed by atoms with Gasteiger partial charge in [-0.25, -0.2) is 4.39 Å². The van der Waals surface area contributed by atoms with Crippen molar-refractivity contribution in [1.29, 1.82) is 0 Å². The molecule has 26 heavy (non-hydrogen) atoms. The van der Waals surface area contributed by atoms with Crippen LogP contribution in [0.15, 0.2) is 36.4 Å². The summed E-state index contributed by atoms with van der Waals surface area (Å²) in [5, 5.41) is 2.62. The summed E-state index contributed by atoms with van der Waals surface area (Å²) in [6.45, 7) is 5.73. The third-order valence-electron chi connectivity index (χ3n) is 4.12. The van der Waals surface area contributed by atoms with Crippen molar-refractivity contribution in [3.63, 3.8) is 0 Å². The standard InChI is InChI=1S/C20H22ClFN2O2/c1-4-15-7-5-6-13(2)20(15)24(14(3)25)11-10-19(26)23-16-8-9-18(22)17(21)12-16/h5-9,12H,4,10-11H2,1-3H3,(H,23,26). The van der Waals surface area contributed by atoms with Crippen molar-refractivity contribution in [2.45, 2.75) is 33.6 Å². The van der Waals surface area contributed by atoms with Crippen LogP contribution in [0.4, 0.5) is 15.8 Å². The van der Waals surface area contributed by atoms with E-state index < -0.39 is 5.82 Å². The molecule has 2 rings (SSSR count). The van der Waals surface area contributed by atoms with E-state index in [0.717, 1.165) is 23.2 Å². The summed E-state index contributed by atoms with van der Waals surface area (Å²) < 4.78 is 13.2. The molecular weight excluding hydrogens is 355 g/mol. The summed E-state index contributed by atoms with van der Waals surface area (Å²) in [6.07, 6.45) is 0.910. The first-order valence-electron chi connectivity index (χ1n) is 8.45. The predicted octanol–water partition coefficient (Wildman–Crippen LogP) is 4.73. The van der Waals surface area contributed by atoms with Crippen molar-refractivity contribution in [1.82, 2.24) is 0 Å². The molecule has 4 nitrogen and oxygen atoms in total. The molecule has 6 heteroatoms. The van der Waals surface area contributed by atoms with E-state index in [0.29, 0.717) is 5.69 Å². The van der Waals surface area contributed by atoms with Crippen LogP contribution in [0.5, 0.6) is 0 Å². The number of amides is 2. The van der Waals surface area contributed by atoms with Crippen LogP contribution in [0.2, 0.25) is 5.02 Å². The Labute approximate surface area is 158 Å². The highest BCUT2D eigenvalue weighted by Gasteiger charge is 2.18. The molecule has 0 aliphatic carbocycles. The highest BCUT2D eigenvalue weighted by molar-refractivity contribution is 6.31. The van der Waals surface area contributed by atoms with Crippen molar-refractivity contribution < 1.29 is 14.0 Å². The topological polar surface area (TPSA) is 49.4 Å². The largest absolute Gasteiger partial charge is 0.326 e. The van der Waals surface area contributed by atoms with Gasteiger partial charge in [0.1, 0.15) is 5.82 Å². The molecule has 0 aromatic heterocycles. The fourth-order valence-corrected chi connectivity index (χ4v) is 3.01. The molecule has 0 aliphatic heterocycles. The second kappa shape index (κ2) is 8.81. The van der Waals surface area contributed by atoms with Crippen LogP contribution in [0.3, 0.4) is 0 Å². The van der Waals surface area contributed by atoms with E-state index in [9.17, 15) is 14.0 Å². The zero-order valence-electron chi connectivity index (χ0n) is 15.1. The van der Waals surface area contributed by atoms with E-state index >= 15 is 0 Å². The molecule has 0 atom stereocenters. The highest BCUT2D eigenvalue weighted by Crippen LogP contribution is 2.26. The van der Waals surface area contributed by atoms with E-state index in [2.05, 4.69) is 5.32 Å². The molecule has 0 bridgehead atoms. The number of nitrogens with one attached hydrogen (secondary N) is 1. The maximum Gasteiger partial charge on any atom is 0.226 e. The maximum atomic E-state index is 13.2. The van der Waals surface area contributed by atoms with Crippen LogP contribution < -0.4 is 10.2 Å². The Kier molecular flexibility index (Phi) is 6.75. The molecule has 0 heterocycles. The number of carbonyl (C=O) groups is 2. The van der Waals surface area contributed by atoms with Crippen LogP contribution in [0.1, 0.15) is 31.4 Å². The minimum absolute atomic E-state index is 0.0549. The molecule has 0 radical (unpaired) electrons. The van der Waals surface area contributed by atoms with Gasteiger partial charge in [0.15, 0.2) is 0 Å². The smallest absolute Gasteiger partial charge is 0.226 e. The van der Waals surface area contributed by atoms with Crippen molar-refractivity contribution in [3.05, 3.63) is 58.4 Å². The lowest BCUT2D eigenvalue weighted by Gasteiger charge is -2.25. The number of benzene rings is 2. The lowest BCUT2D eigenvalue weighted by molar-refractivity contribution is -0.117. The summed E-state index contributed by atoms with van der Waals surface area (Å²) >= 11 is 5.72. The Hall–Kier alpha value is -2.40. The summed E-state index contributed by atoms with van der Waals surface area (Å²) in [7, 11) is 0. The third-order valence-corrected chi connectivity index (χ3v) is 4.41. The molecule has 2 aromatic carbocycles. The molecule has 2 amide bonds. The van der Waals surface area contributed by atoms with Crippen LogP contribution in [0.25, 0.3) is 0 Å². The first-order valence-corrected chi connectivity index (χ1v) is 8.82. The minimum atomic E-state index is -0.543. The van der Waals surface area contributed by atoms with Gasteiger partial charge in [0, 0.05) is 31.3 Å². The van der Waals surface area contributed by atoms with Crippen molar-refractivity contribution in [2.75, 3.05) is 16.8 Å². The predicted molar refractivity (Wildman–Crippen MR) is 103 cm³/mol. The van der Waals surface area contributed by atoms with E-state index in [4.69, 9.17) is 11.6 Å². The second-order valence-corrected chi connectivity index (χ2v) is 6.44. The van der Waals surface area contributed by atoms with E-state index in [1.165, 1.54) is 25.1 Å². The Morgan fingerprint density at radius 2 is 1.96 bits per heavy atom. The van der Waals surface area contributed by atoms with Gasteiger partial charge in [-0.1, -0.05) is 36.7 Å². The first kappa shape index (κ1) is 19.9. The van der Waals surface area contributed by atoms with Crippen molar-refractivity contribution >= 4 is 34.8 Å². The SMILES string of the molecule is CCc1cccc(C)c1N(CCC(=O)Nc1ccc(F)c(Cl)c1)C(C)=O. The van der Waals surface area contributed by atoms with Gasteiger partial charge in [-0.15, -0.1) is 0 Å². The number of hydrogen-bond donors (Lipinski definition) is 1. The summed E-state index contributed by atoms with van der Waals surface area (Å²) in [6, 6.07) is 9.89. The summed E-state index contributed by atoms with van der Waals surface area (Å²) in [5.74, 6) is -0.934. The molecular formula is C20H22ClFN2O2. The molecule has 0 saturated carbocycles. The monoisotopic (exact) mass is 376 g/mol. The Balaban J connectivity index is 2.10. The van der Waals surface area contributed by atoms with Crippen LogP contribution in [-0.4, -0.2) is 18.4 Å². The maximum absolute atomic E-state index is 13.2. The lowest BCUT2D eigenvalue weighted by Crippen LogP contribution is -2.33. The summed E-state index contributed by atoms with van der Waals surface area (Å²) in [5.41, 5.74) is 3.33. The molecule has 138 valence electrons. The third kappa shape index (κ3) is 4.82.